The number of carbonyl (C=O) groups excluding carboxylic acids is 2. The molecule has 28 heavy (non-hydrogen) atoms. The molecule has 0 bridgehead atoms. The monoisotopic (exact) mass is 406 g/mol. The molecule has 2 amide bonds. The first-order valence-corrected chi connectivity index (χ1v) is 11.5. The fourth-order valence-corrected chi connectivity index (χ4v) is 4.94. The Bertz CT molecular complexity index is 658. The molecular weight excluding hydrogens is 376 g/mol. The third kappa shape index (κ3) is 4.90. The standard InChI is InChI=1S/C20H30N4O3S/c25-19(18-13-28-14-22-18)21-7-9-24(16-5-10-27-11-6-16)17-2-1-8-23(12-17)20(26)15-3-4-15/h13-17H,1-12H2,(H,21,25). The molecular formula is C20H30N4O3S. The molecule has 1 N–H and O–H groups in total. The van der Waals surface area contributed by atoms with Crippen LogP contribution in [0.1, 0.15) is 49.0 Å². The van der Waals surface area contributed by atoms with Gasteiger partial charge in [0.15, 0.2) is 0 Å². The van der Waals surface area contributed by atoms with Crippen LogP contribution in [0.5, 0.6) is 0 Å². The number of amides is 2. The van der Waals surface area contributed by atoms with Gasteiger partial charge in [0, 0.05) is 62.8 Å². The van der Waals surface area contributed by atoms with Crippen molar-refractivity contribution in [3.8, 4) is 0 Å². The van der Waals surface area contributed by atoms with Crippen LogP contribution >= 0.6 is 11.3 Å². The quantitative estimate of drug-likeness (QED) is 0.747. The molecule has 1 atom stereocenters. The molecule has 1 unspecified atom stereocenters. The molecule has 0 aromatic carbocycles. The first kappa shape index (κ1) is 19.8. The van der Waals surface area contributed by atoms with Gasteiger partial charge in [0.05, 0.1) is 5.51 Å². The van der Waals surface area contributed by atoms with E-state index in [1.54, 1.807) is 10.9 Å². The van der Waals surface area contributed by atoms with Gasteiger partial charge in [-0.1, -0.05) is 0 Å². The minimum absolute atomic E-state index is 0.109. The zero-order valence-corrected chi connectivity index (χ0v) is 17.2. The summed E-state index contributed by atoms with van der Waals surface area (Å²) in [5.74, 6) is 0.531. The maximum atomic E-state index is 12.6. The molecule has 2 aliphatic heterocycles. The molecule has 0 spiro atoms. The summed E-state index contributed by atoms with van der Waals surface area (Å²) in [6.45, 7) is 4.71. The van der Waals surface area contributed by atoms with Crippen molar-refractivity contribution < 1.29 is 14.3 Å². The van der Waals surface area contributed by atoms with Crippen molar-refractivity contribution in [3.63, 3.8) is 0 Å². The Morgan fingerprint density at radius 1 is 1.21 bits per heavy atom. The van der Waals surface area contributed by atoms with Crippen molar-refractivity contribution in [2.75, 3.05) is 39.4 Å². The van der Waals surface area contributed by atoms with E-state index in [0.717, 1.165) is 71.4 Å². The van der Waals surface area contributed by atoms with Crippen molar-refractivity contribution in [1.29, 1.82) is 0 Å². The predicted octanol–water partition coefficient (Wildman–Crippen LogP) is 1.75. The SMILES string of the molecule is O=C(NCCN(C1CCOCC1)C1CCCN(C(=O)C2CC2)C1)c1cscn1. The molecule has 1 aromatic rings. The molecule has 1 saturated carbocycles. The van der Waals surface area contributed by atoms with E-state index in [2.05, 4.69) is 20.1 Å². The topological polar surface area (TPSA) is 74.8 Å². The number of nitrogens with one attached hydrogen (secondary N) is 1. The number of ether oxygens (including phenoxy) is 1. The second-order valence-electron chi connectivity index (χ2n) is 8.07. The highest BCUT2D eigenvalue weighted by Gasteiger charge is 2.37. The third-order valence-corrected chi connectivity index (χ3v) is 6.67. The lowest BCUT2D eigenvalue weighted by molar-refractivity contribution is -0.135. The Balaban J connectivity index is 1.36. The van der Waals surface area contributed by atoms with Gasteiger partial charge in [-0.05, 0) is 38.5 Å². The van der Waals surface area contributed by atoms with Crippen LogP contribution in [0.2, 0.25) is 0 Å². The fourth-order valence-electron chi connectivity index (χ4n) is 4.41. The minimum atomic E-state index is -0.109. The number of aromatic nitrogens is 1. The lowest BCUT2D eigenvalue weighted by Crippen LogP contribution is -2.55. The van der Waals surface area contributed by atoms with Crippen LogP contribution in [0.4, 0.5) is 0 Å². The molecule has 4 rings (SSSR count). The van der Waals surface area contributed by atoms with Crippen LogP contribution in [-0.2, 0) is 9.53 Å². The summed E-state index contributed by atoms with van der Waals surface area (Å²) in [6, 6.07) is 0.835. The summed E-state index contributed by atoms with van der Waals surface area (Å²) in [6.07, 6.45) is 6.35. The molecule has 154 valence electrons. The number of nitrogens with zero attached hydrogens (tertiary/aromatic N) is 3. The van der Waals surface area contributed by atoms with Gasteiger partial charge in [-0.2, -0.15) is 0 Å². The molecule has 8 heteroatoms. The van der Waals surface area contributed by atoms with Crippen LogP contribution in [-0.4, -0.2) is 78.1 Å². The van der Waals surface area contributed by atoms with Crippen LogP contribution in [0.3, 0.4) is 0 Å². The Kier molecular flexibility index (Phi) is 6.59. The van der Waals surface area contributed by atoms with Crippen molar-refractivity contribution >= 4 is 23.2 Å². The number of piperidine rings is 1. The summed E-state index contributed by atoms with van der Waals surface area (Å²) in [7, 11) is 0. The molecule has 3 aliphatic rings. The molecule has 2 saturated heterocycles. The van der Waals surface area contributed by atoms with Crippen LogP contribution in [0.25, 0.3) is 0 Å². The fraction of sp³-hybridized carbons (Fsp3) is 0.750. The molecule has 1 aromatic heterocycles. The van der Waals surface area contributed by atoms with Crippen molar-refractivity contribution in [3.05, 3.63) is 16.6 Å². The second kappa shape index (κ2) is 9.33. The molecule has 3 fully saturated rings. The van der Waals surface area contributed by atoms with E-state index in [4.69, 9.17) is 4.74 Å². The van der Waals surface area contributed by atoms with Gasteiger partial charge in [-0.15, -0.1) is 11.3 Å². The van der Waals surface area contributed by atoms with Gasteiger partial charge >= 0.3 is 0 Å². The largest absolute Gasteiger partial charge is 0.381 e. The van der Waals surface area contributed by atoms with Gasteiger partial charge in [0.2, 0.25) is 5.91 Å². The minimum Gasteiger partial charge on any atom is -0.381 e. The number of hydrogen-bond donors (Lipinski definition) is 1. The van der Waals surface area contributed by atoms with E-state index in [9.17, 15) is 9.59 Å². The highest BCUT2D eigenvalue weighted by molar-refractivity contribution is 7.07. The van der Waals surface area contributed by atoms with Crippen molar-refractivity contribution in [2.45, 2.75) is 50.6 Å². The smallest absolute Gasteiger partial charge is 0.270 e. The average Bonchev–Trinajstić information content (AvgIpc) is 3.44. The zero-order chi connectivity index (χ0) is 19.3. The number of carbonyl (C=O) groups is 2. The highest BCUT2D eigenvalue weighted by atomic mass is 32.1. The molecule has 7 nitrogen and oxygen atoms in total. The lowest BCUT2D eigenvalue weighted by Gasteiger charge is -2.44. The summed E-state index contributed by atoms with van der Waals surface area (Å²) in [5, 5.41) is 4.78. The maximum Gasteiger partial charge on any atom is 0.270 e. The first-order valence-electron chi connectivity index (χ1n) is 10.5. The van der Waals surface area contributed by atoms with Gasteiger partial charge in [-0.3, -0.25) is 14.5 Å². The van der Waals surface area contributed by atoms with E-state index in [1.807, 2.05) is 0 Å². The van der Waals surface area contributed by atoms with Gasteiger partial charge in [0.25, 0.3) is 5.91 Å². The van der Waals surface area contributed by atoms with Crippen molar-refractivity contribution in [1.82, 2.24) is 20.1 Å². The second-order valence-corrected chi connectivity index (χ2v) is 8.78. The van der Waals surface area contributed by atoms with Crippen LogP contribution in [0, 0.1) is 5.92 Å². The molecule has 3 heterocycles. The van der Waals surface area contributed by atoms with Crippen LogP contribution in [0.15, 0.2) is 10.9 Å². The Hall–Kier alpha value is -1.51. The average molecular weight is 407 g/mol. The van der Waals surface area contributed by atoms with Crippen molar-refractivity contribution in [2.24, 2.45) is 5.92 Å². The summed E-state index contributed by atoms with van der Waals surface area (Å²) in [5.41, 5.74) is 2.16. The van der Waals surface area contributed by atoms with E-state index >= 15 is 0 Å². The van der Waals surface area contributed by atoms with Gasteiger partial charge < -0.3 is 15.0 Å². The molecule has 0 radical (unpaired) electrons. The van der Waals surface area contributed by atoms with E-state index in [0.29, 0.717) is 30.2 Å². The summed E-state index contributed by atoms with van der Waals surface area (Å²) in [4.78, 5) is 33.5. The number of hydrogen-bond acceptors (Lipinski definition) is 6. The lowest BCUT2D eigenvalue weighted by atomic mass is 9.98. The predicted molar refractivity (Wildman–Crippen MR) is 107 cm³/mol. The Labute approximate surface area is 170 Å². The normalized spacial score (nSPS) is 23.8. The number of rotatable bonds is 7. The maximum absolute atomic E-state index is 12.6. The van der Waals surface area contributed by atoms with E-state index < -0.39 is 0 Å². The van der Waals surface area contributed by atoms with Gasteiger partial charge in [-0.25, -0.2) is 4.98 Å². The Morgan fingerprint density at radius 3 is 2.75 bits per heavy atom. The highest BCUT2D eigenvalue weighted by Crippen LogP contribution is 2.32. The van der Waals surface area contributed by atoms with E-state index in [-0.39, 0.29) is 11.8 Å². The van der Waals surface area contributed by atoms with Crippen LogP contribution < -0.4 is 5.32 Å². The molecule has 1 aliphatic carbocycles. The first-order chi connectivity index (χ1) is 13.7. The number of thiazole rings is 1. The van der Waals surface area contributed by atoms with E-state index in [1.165, 1.54) is 11.3 Å². The third-order valence-electron chi connectivity index (χ3n) is 6.08. The number of likely N-dealkylation sites (tertiary alicyclic amines) is 1. The Morgan fingerprint density at radius 2 is 2.04 bits per heavy atom. The zero-order valence-electron chi connectivity index (χ0n) is 16.3. The summed E-state index contributed by atoms with van der Waals surface area (Å²) < 4.78 is 5.56. The van der Waals surface area contributed by atoms with Gasteiger partial charge in [0.1, 0.15) is 5.69 Å². The summed E-state index contributed by atoms with van der Waals surface area (Å²) >= 11 is 1.43.